The average Bonchev–Trinajstić information content (AvgIpc) is 2.64. The van der Waals surface area contributed by atoms with Crippen molar-refractivity contribution in [2.24, 2.45) is 0 Å². The van der Waals surface area contributed by atoms with Crippen LogP contribution in [0.4, 0.5) is 4.39 Å². The van der Waals surface area contributed by atoms with Crippen molar-refractivity contribution in [3.8, 4) is 0 Å². The summed E-state index contributed by atoms with van der Waals surface area (Å²) < 4.78 is 13.1. The van der Waals surface area contributed by atoms with Crippen molar-refractivity contribution in [2.45, 2.75) is 6.54 Å². The Bertz CT molecular complexity index is 756. The number of halogens is 2. The van der Waals surface area contributed by atoms with Crippen molar-refractivity contribution >= 4 is 23.6 Å². The Morgan fingerprint density at radius 3 is 2.48 bits per heavy atom. The summed E-state index contributed by atoms with van der Waals surface area (Å²) >= 11 is 5.75. The third-order valence-corrected chi connectivity index (χ3v) is 4.58. The van der Waals surface area contributed by atoms with Crippen LogP contribution in [0.2, 0.25) is 5.02 Å². The van der Waals surface area contributed by atoms with Crippen LogP contribution in [0.15, 0.2) is 54.6 Å². The minimum Gasteiger partial charge on any atom is -0.337 e. The predicted octanol–water partition coefficient (Wildman–Crippen LogP) is 3.84. The molecule has 0 aromatic heterocycles. The van der Waals surface area contributed by atoms with E-state index in [1.807, 2.05) is 23.1 Å². The number of hydrogen-bond acceptors (Lipinski definition) is 2. The maximum absolute atomic E-state index is 13.1. The largest absolute Gasteiger partial charge is 0.337 e. The smallest absolute Gasteiger partial charge is 0.246 e. The second-order valence-electron chi connectivity index (χ2n) is 6.09. The van der Waals surface area contributed by atoms with Gasteiger partial charge in [-0.25, -0.2) is 4.39 Å². The number of carbonyl (C=O) groups excluding carboxylic acids is 1. The van der Waals surface area contributed by atoms with Gasteiger partial charge in [0.05, 0.1) is 5.02 Å². The third kappa shape index (κ3) is 4.91. The molecule has 0 saturated carbocycles. The van der Waals surface area contributed by atoms with Crippen molar-refractivity contribution in [3.63, 3.8) is 0 Å². The van der Waals surface area contributed by atoms with Gasteiger partial charge in [0.1, 0.15) is 5.82 Å². The fourth-order valence-corrected chi connectivity index (χ4v) is 3.05. The molecule has 3 nitrogen and oxygen atoms in total. The molecule has 1 fully saturated rings. The lowest BCUT2D eigenvalue weighted by Gasteiger charge is -2.34. The molecule has 0 spiro atoms. The van der Waals surface area contributed by atoms with Crippen LogP contribution in [-0.4, -0.2) is 41.9 Å². The van der Waals surface area contributed by atoms with Gasteiger partial charge in [0.25, 0.3) is 0 Å². The SMILES string of the molecule is O=C(/C=C/c1ccc(F)c(Cl)c1)N1CCN(Cc2ccccc2)CC1. The Balaban J connectivity index is 1.51. The molecule has 1 aliphatic heterocycles. The molecule has 0 aliphatic carbocycles. The molecule has 0 bridgehead atoms. The van der Waals surface area contributed by atoms with Crippen LogP contribution in [0, 0.1) is 5.82 Å². The van der Waals surface area contributed by atoms with Crippen molar-refractivity contribution in [1.29, 1.82) is 0 Å². The molecule has 130 valence electrons. The van der Waals surface area contributed by atoms with Crippen molar-refractivity contribution < 1.29 is 9.18 Å². The van der Waals surface area contributed by atoms with Gasteiger partial charge in [-0.2, -0.15) is 0 Å². The molecule has 0 N–H and O–H groups in total. The second kappa shape index (κ2) is 8.28. The summed E-state index contributed by atoms with van der Waals surface area (Å²) in [6, 6.07) is 14.8. The summed E-state index contributed by atoms with van der Waals surface area (Å²) in [5, 5.41) is 0.0594. The van der Waals surface area contributed by atoms with E-state index in [4.69, 9.17) is 11.6 Å². The van der Waals surface area contributed by atoms with Crippen LogP contribution in [0.1, 0.15) is 11.1 Å². The van der Waals surface area contributed by atoms with Crippen LogP contribution in [0.5, 0.6) is 0 Å². The Labute approximate surface area is 152 Å². The van der Waals surface area contributed by atoms with E-state index in [0.29, 0.717) is 18.7 Å². The summed E-state index contributed by atoms with van der Waals surface area (Å²) in [4.78, 5) is 16.5. The van der Waals surface area contributed by atoms with Gasteiger partial charge in [0, 0.05) is 38.8 Å². The first-order valence-corrected chi connectivity index (χ1v) is 8.68. The van der Waals surface area contributed by atoms with Crippen molar-refractivity contribution in [1.82, 2.24) is 9.80 Å². The quantitative estimate of drug-likeness (QED) is 0.775. The summed E-state index contributed by atoms with van der Waals surface area (Å²) in [5.74, 6) is -0.487. The first-order valence-electron chi connectivity index (χ1n) is 8.30. The van der Waals surface area contributed by atoms with Gasteiger partial charge in [-0.1, -0.05) is 48.0 Å². The van der Waals surface area contributed by atoms with E-state index < -0.39 is 5.82 Å². The number of benzene rings is 2. The molecular formula is C20H20ClFN2O. The van der Waals surface area contributed by atoms with E-state index >= 15 is 0 Å². The Hall–Kier alpha value is -2.17. The highest BCUT2D eigenvalue weighted by Gasteiger charge is 2.19. The number of nitrogens with zero attached hydrogens (tertiary/aromatic N) is 2. The lowest BCUT2D eigenvalue weighted by atomic mass is 10.2. The average molecular weight is 359 g/mol. The van der Waals surface area contributed by atoms with Crippen LogP contribution in [-0.2, 0) is 11.3 Å². The van der Waals surface area contributed by atoms with Crippen LogP contribution >= 0.6 is 11.6 Å². The van der Waals surface area contributed by atoms with Gasteiger partial charge in [-0.3, -0.25) is 9.69 Å². The first-order chi connectivity index (χ1) is 12.1. The number of carbonyl (C=O) groups is 1. The van der Waals surface area contributed by atoms with Crippen molar-refractivity contribution in [3.05, 3.63) is 76.6 Å². The van der Waals surface area contributed by atoms with E-state index in [9.17, 15) is 9.18 Å². The van der Waals surface area contributed by atoms with Crippen LogP contribution in [0.3, 0.4) is 0 Å². The minimum absolute atomic E-state index is 0.0280. The Morgan fingerprint density at radius 1 is 1.08 bits per heavy atom. The topological polar surface area (TPSA) is 23.6 Å². The predicted molar refractivity (Wildman–Crippen MR) is 98.7 cm³/mol. The summed E-state index contributed by atoms with van der Waals surface area (Å²) in [6.07, 6.45) is 3.19. The number of amides is 1. The zero-order valence-electron chi connectivity index (χ0n) is 13.9. The maximum atomic E-state index is 13.1. The molecular weight excluding hydrogens is 339 g/mol. The number of piperazine rings is 1. The molecule has 25 heavy (non-hydrogen) atoms. The molecule has 1 aliphatic rings. The lowest BCUT2D eigenvalue weighted by Crippen LogP contribution is -2.47. The summed E-state index contributed by atoms with van der Waals surface area (Å²) in [7, 11) is 0. The fraction of sp³-hybridized carbons (Fsp3) is 0.250. The van der Waals surface area contributed by atoms with Crippen LogP contribution < -0.4 is 0 Å². The molecule has 0 radical (unpaired) electrons. The molecule has 2 aromatic carbocycles. The van der Waals surface area contributed by atoms with Gasteiger partial charge in [-0.15, -0.1) is 0 Å². The van der Waals surface area contributed by atoms with Gasteiger partial charge in [-0.05, 0) is 29.3 Å². The highest BCUT2D eigenvalue weighted by atomic mass is 35.5. The molecule has 1 heterocycles. The van der Waals surface area contributed by atoms with Gasteiger partial charge >= 0.3 is 0 Å². The zero-order chi connectivity index (χ0) is 17.6. The molecule has 3 rings (SSSR count). The number of hydrogen-bond donors (Lipinski definition) is 0. The van der Waals surface area contributed by atoms with E-state index in [0.717, 1.165) is 19.6 Å². The molecule has 0 atom stereocenters. The maximum Gasteiger partial charge on any atom is 0.246 e. The highest BCUT2D eigenvalue weighted by molar-refractivity contribution is 6.30. The van der Waals surface area contributed by atoms with Gasteiger partial charge in [0.15, 0.2) is 0 Å². The normalized spacial score (nSPS) is 15.7. The lowest BCUT2D eigenvalue weighted by molar-refractivity contribution is -0.127. The Kier molecular flexibility index (Phi) is 5.84. The van der Waals surface area contributed by atoms with E-state index in [-0.39, 0.29) is 10.9 Å². The third-order valence-electron chi connectivity index (χ3n) is 4.29. The fourth-order valence-electron chi connectivity index (χ4n) is 2.86. The second-order valence-corrected chi connectivity index (χ2v) is 6.50. The number of rotatable bonds is 4. The first kappa shape index (κ1) is 17.6. The van der Waals surface area contributed by atoms with Crippen molar-refractivity contribution in [2.75, 3.05) is 26.2 Å². The van der Waals surface area contributed by atoms with E-state index in [1.54, 1.807) is 12.1 Å². The highest BCUT2D eigenvalue weighted by Crippen LogP contribution is 2.17. The molecule has 2 aromatic rings. The van der Waals surface area contributed by atoms with Gasteiger partial charge < -0.3 is 4.90 Å². The Morgan fingerprint density at radius 2 is 1.80 bits per heavy atom. The van der Waals surface area contributed by atoms with E-state index in [1.165, 1.54) is 23.8 Å². The zero-order valence-corrected chi connectivity index (χ0v) is 14.6. The minimum atomic E-state index is -0.459. The molecule has 1 saturated heterocycles. The molecule has 5 heteroatoms. The standard InChI is InChI=1S/C20H20ClFN2O/c21-18-14-16(6-8-19(18)22)7-9-20(25)24-12-10-23(11-13-24)15-17-4-2-1-3-5-17/h1-9,14H,10-13,15H2/b9-7+. The van der Waals surface area contributed by atoms with Crippen LogP contribution in [0.25, 0.3) is 6.08 Å². The molecule has 1 amide bonds. The van der Waals surface area contributed by atoms with Gasteiger partial charge in [0.2, 0.25) is 5.91 Å². The monoisotopic (exact) mass is 358 g/mol. The summed E-state index contributed by atoms with van der Waals surface area (Å²) in [5.41, 5.74) is 2.00. The van der Waals surface area contributed by atoms with E-state index in [2.05, 4.69) is 17.0 Å². The molecule has 0 unspecified atom stereocenters. The summed E-state index contributed by atoms with van der Waals surface area (Å²) in [6.45, 7) is 4.04.